The molecule has 1 aliphatic heterocycles. The largest absolute Gasteiger partial charge is 0.310 e. The Kier molecular flexibility index (Phi) is 4.02. The third kappa shape index (κ3) is 3.11. The van der Waals surface area contributed by atoms with E-state index in [1.54, 1.807) is 0 Å². The Morgan fingerprint density at radius 3 is 2.75 bits per heavy atom. The smallest absolute Gasteiger partial charge is 0.0197 e. The molecule has 0 aromatic carbocycles. The van der Waals surface area contributed by atoms with Crippen molar-refractivity contribution in [3.63, 3.8) is 0 Å². The van der Waals surface area contributed by atoms with Gasteiger partial charge in [-0.25, -0.2) is 0 Å². The molecule has 2 nitrogen and oxygen atoms in total. The fraction of sp³-hybridized carbons (Fsp3) is 1.00. The highest BCUT2D eigenvalue weighted by atomic mass is 15.1. The van der Waals surface area contributed by atoms with Crippen LogP contribution in [0.5, 0.6) is 0 Å². The van der Waals surface area contributed by atoms with E-state index in [2.05, 4.69) is 31.1 Å². The van der Waals surface area contributed by atoms with Crippen molar-refractivity contribution in [1.29, 1.82) is 0 Å². The molecule has 0 saturated carbocycles. The fourth-order valence-corrected chi connectivity index (χ4v) is 1.89. The summed E-state index contributed by atoms with van der Waals surface area (Å²) in [6.07, 6.45) is 4.11. The fourth-order valence-electron chi connectivity index (χ4n) is 1.89. The Labute approximate surface area is 76.3 Å². The quantitative estimate of drug-likeness (QED) is 0.690. The van der Waals surface area contributed by atoms with Crippen LogP contribution >= 0.6 is 0 Å². The lowest BCUT2D eigenvalue weighted by atomic mass is 9.99. The van der Waals surface area contributed by atoms with Crippen LogP contribution in [-0.2, 0) is 0 Å². The van der Waals surface area contributed by atoms with Crippen LogP contribution in [0.3, 0.4) is 0 Å². The zero-order valence-electron chi connectivity index (χ0n) is 8.64. The van der Waals surface area contributed by atoms with Crippen LogP contribution in [0.4, 0.5) is 0 Å². The number of nitrogens with zero attached hydrogens (tertiary/aromatic N) is 1. The first-order chi connectivity index (χ1) is 5.72. The molecule has 1 rings (SSSR count). The Morgan fingerprint density at radius 2 is 2.17 bits per heavy atom. The normalized spacial score (nSPS) is 31.0. The Morgan fingerprint density at radius 1 is 1.42 bits per heavy atom. The second kappa shape index (κ2) is 4.83. The van der Waals surface area contributed by atoms with E-state index in [0.29, 0.717) is 0 Å². The van der Waals surface area contributed by atoms with Gasteiger partial charge >= 0.3 is 0 Å². The third-order valence-electron chi connectivity index (χ3n) is 2.78. The average molecular weight is 170 g/mol. The molecule has 2 atom stereocenters. The van der Waals surface area contributed by atoms with Crippen LogP contribution in [0.2, 0.25) is 0 Å². The maximum atomic E-state index is 3.64. The molecule has 1 saturated heterocycles. The number of nitrogens with one attached hydrogen (secondary N) is 1. The lowest BCUT2D eigenvalue weighted by Crippen LogP contribution is -2.46. The summed E-state index contributed by atoms with van der Waals surface area (Å²) in [4.78, 5) is 2.38. The molecule has 2 heteroatoms. The van der Waals surface area contributed by atoms with E-state index in [9.17, 15) is 0 Å². The van der Waals surface area contributed by atoms with Gasteiger partial charge in [0.05, 0.1) is 0 Å². The lowest BCUT2D eigenvalue weighted by Gasteiger charge is -2.31. The van der Waals surface area contributed by atoms with Crippen LogP contribution in [0, 0.1) is 0 Å². The second-order valence-corrected chi connectivity index (χ2v) is 4.05. The Hall–Kier alpha value is -0.0800. The Balaban J connectivity index is 2.22. The van der Waals surface area contributed by atoms with Gasteiger partial charge in [0.25, 0.3) is 0 Å². The topological polar surface area (TPSA) is 15.3 Å². The van der Waals surface area contributed by atoms with Crippen molar-refractivity contribution >= 4 is 0 Å². The van der Waals surface area contributed by atoms with E-state index in [1.807, 2.05) is 0 Å². The van der Waals surface area contributed by atoms with Gasteiger partial charge in [0.1, 0.15) is 0 Å². The molecule has 0 radical (unpaired) electrons. The van der Waals surface area contributed by atoms with Crippen molar-refractivity contribution < 1.29 is 0 Å². The predicted molar refractivity (Wildman–Crippen MR) is 53.4 cm³/mol. The molecule has 0 spiro atoms. The molecule has 2 unspecified atom stereocenters. The highest BCUT2D eigenvalue weighted by Crippen LogP contribution is 2.12. The molecular formula is C10H22N2. The van der Waals surface area contributed by atoms with Crippen LogP contribution < -0.4 is 5.32 Å². The van der Waals surface area contributed by atoms with E-state index in [4.69, 9.17) is 0 Å². The second-order valence-electron chi connectivity index (χ2n) is 4.05. The van der Waals surface area contributed by atoms with Gasteiger partial charge in [-0.1, -0.05) is 13.3 Å². The highest BCUT2D eigenvalue weighted by molar-refractivity contribution is 4.79. The van der Waals surface area contributed by atoms with Crippen LogP contribution in [-0.4, -0.2) is 37.1 Å². The summed E-state index contributed by atoms with van der Waals surface area (Å²) < 4.78 is 0. The monoisotopic (exact) mass is 170 g/mol. The van der Waals surface area contributed by atoms with Crippen molar-refractivity contribution in [2.75, 3.05) is 20.1 Å². The highest BCUT2D eigenvalue weighted by Gasteiger charge is 2.17. The summed E-state index contributed by atoms with van der Waals surface area (Å²) >= 11 is 0. The van der Waals surface area contributed by atoms with Gasteiger partial charge in [0.2, 0.25) is 0 Å². The van der Waals surface area contributed by atoms with Gasteiger partial charge in [-0.2, -0.15) is 0 Å². The Bertz CT molecular complexity index is 125. The van der Waals surface area contributed by atoms with Gasteiger partial charge < -0.3 is 10.2 Å². The molecule has 1 N–H and O–H groups in total. The molecule has 12 heavy (non-hydrogen) atoms. The molecule has 0 aromatic heterocycles. The molecule has 0 aliphatic carbocycles. The van der Waals surface area contributed by atoms with Crippen molar-refractivity contribution in [3.8, 4) is 0 Å². The maximum Gasteiger partial charge on any atom is 0.0197 e. The van der Waals surface area contributed by atoms with E-state index < -0.39 is 0 Å². The number of hydrogen-bond acceptors (Lipinski definition) is 2. The molecule has 0 aromatic rings. The molecule has 1 fully saturated rings. The molecule has 1 heterocycles. The summed E-state index contributed by atoms with van der Waals surface area (Å²) in [5.74, 6) is 0. The van der Waals surface area contributed by atoms with E-state index in [-0.39, 0.29) is 0 Å². The molecule has 72 valence electrons. The zero-order chi connectivity index (χ0) is 8.97. The number of likely N-dealkylation sites (N-methyl/N-ethyl adjacent to an activating group) is 1. The summed E-state index contributed by atoms with van der Waals surface area (Å²) in [6.45, 7) is 6.87. The van der Waals surface area contributed by atoms with Crippen LogP contribution in [0.1, 0.15) is 33.1 Å². The van der Waals surface area contributed by atoms with Gasteiger partial charge in [-0.3, -0.25) is 0 Å². The minimum atomic E-state index is 0.731. The third-order valence-corrected chi connectivity index (χ3v) is 2.78. The zero-order valence-corrected chi connectivity index (χ0v) is 8.64. The predicted octanol–water partition coefficient (Wildman–Crippen LogP) is 1.47. The average Bonchev–Trinajstić information content (AvgIpc) is 2.04. The van der Waals surface area contributed by atoms with Crippen LogP contribution in [0.15, 0.2) is 0 Å². The SMILES string of the molecule is CCN(C)CC1CCCC(C)N1. The van der Waals surface area contributed by atoms with Crippen molar-refractivity contribution in [3.05, 3.63) is 0 Å². The van der Waals surface area contributed by atoms with Gasteiger partial charge in [-0.05, 0) is 33.4 Å². The maximum absolute atomic E-state index is 3.64. The minimum Gasteiger partial charge on any atom is -0.310 e. The van der Waals surface area contributed by atoms with Gasteiger partial charge in [0.15, 0.2) is 0 Å². The molecule has 1 aliphatic rings. The van der Waals surface area contributed by atoms with Crippen molar-refractivity contribution in [2.45, 2.75) is 45.2 Å². The molecule has 0 bridgehead atoms. The summed E-state index contributed by atoms with van der Waals surface area (Å²) in [6, 6.07) is 1.47. The van der Waals surface area contributed by atoms with Gasteiger partial charge in [0, 0.05) is 18.6 Å². The van der Waals surface area contributed by atoms with E-state index in [1.165, 1.54) is 25.8 Å². The van der Waals surface area contributed by atoms with Crippen LogP contribution in [0.25, 0.3) is 0 Å². The first kappa shape index (κ1) is 10.0. The number of hydrogen-bond donors (Lipinski definition) is 1. The standard InChI is InChI=1S/C10H22N2/c1-4-12(3)8-10-7-5-6-9(2)11-10/h9-11H,4-8H2,1-3H3. The first-order valence-electron chi connectivity index (χ1n) is 5.17. The van der Waals surface area contributed by atoms with Gasteiger partial charge in [-0.15, -0.1) is 0 Å². The summed E-state index contributed by atoms with van der Waals surface area (Å²) in [5, 5.41) is 3.64. The van der Waals surface area contributed by atoms with Crippen molar-refractivity contribution in [2.24, 2.45) is 0 Å². The van der Waals surface area contributed by atoms with E-state index in [0.717, 1.165) is 18.6 Å². The minimum absolute atomic E-state index is 0.731. The summed E-state index contributed by atoms with van der Waals surface area (Å²) in [7, 11) is 2.20. The molecular weight excluding hydrogens is 148 g/mol. The van der Waals surface area contributed by atoms with E-state index >= 15 is 0 Å². The lowest BCUT2D eigenvalue weighted by molar-refractivity contribution is 0.247. The summed E-state index contributed by atoms with van der Waals surface area (Å²) in [5.41, 5.74) is 0. The number of piperidine rings is 1. The number of rotatable bonds is 3. The first-order valence-corrected chi connectivity index (χ1v) is 5.17. The molecule has 0 amide bonds. The van der Waals surface area contributed by atoms with Crippen molar-refractivity contribution in [1.82, 2.24) is 10.2 Å².